The Hall–Kier alpha value is -1.87. The van der Waals surface area contributed by atoms with Gasteiger partial charge in [-0.1, -0.05) is 22.0 Å². The maximum atomic E-state index is 13.1. The molecule has 2 amide bonds. The third-order valence-corrected chi connectivity index (χ3v) is 6.20. The zero-order valence-electron chi connectivity index (χ0n) is 15.5. The highest BCUT2D eigenvalue weighted by atomic mass is 79.9. The molecule has 0 aliphatic carbocycles. The normalized spacial score (nSPS) is 11.9. The maximum Gasteiger partial charge on any atom is 0.416 e. The van der Waals surface area contributed by atoms with Crippen LogP contribution in [-0.4, -0.2) is 19.2 Å². The maximum absolute atomic E-state index is 13.1. The molecule has 6 nitrogen and oxygen atoms in total. The summed E-state index contributed by atoms with van der Waals surface area (Å²) < 4.78 is 62.8. The number of anilines is 2. The van der Waals surface area contributed by atoms with Crippen molar-refractivity contribution in [1.82, 2.24) is 0 Å². The van der Waals surface area contributed by atoms with Gasteiger partial charge in [-0.3, -0.25) is 4.57 Å². The summed E-state index contributed by atoms with van der Waals surface area (Å²) in [5.74, 6) is 0. The van der Waals surface area contributed by atoms with Gasteiger partial charge in [0.1, 0.15) is 0 Å². The molecule has 0 aliphatic rings. The Bertz CT molecular complexity index is 914. The molecule has 0 saturated carbocycles. The van der Waals surface area contributed by atoms with Crippen LogP contribution in [0.25, 0.3) is 0 Å². The van der Waals surface area contributed by atoms with Crippen molar-refractivity contribution in [3.05, 3.63) is 52.5 Å². The van der Waals surface area contributed by atoms with Crippen LogP contribution < -0.4 is 15.9 Å². The minimum absolute atomic E-state index is 0.0474. The van der Waals surface area contributed by atoms with Gasteiger partial charge in [-0.2, -0.15) is 13.2 Å². The molecule has 0 fully saturated rings. The third kappa shape index (κ3) is 6.30. The topological polar surface area (TPSA) is 76.7 Å². The lowest BCUT2D eigenvalue weighted by Gasteiger charge is -2.20. The van der Waals surface area contributed by atoms with E-state index in [9.17, 15) is 22.5 Å². The Labute approximate surface area is 174 Å². The predicted molar refractivity (Wildman–Crippen MR) is 109 cm³/mol. The Balaban J connectivity index is 2.28. The number of nitrogens with one attached hydrogen (secondary N) is 2. The quantitative estimate of drug-likeness (QED) is 0.462. The summed E-state index contributed by atoms with van der Waals surface area (Å²) in [6, 6.07) is 7.98. The summed E-state index contributed by atoms with van der Waals surface area (Å²) in [6.45, 7) is 3.52. The van der Waals surface area contributed by atoms with Crippen molar-refractivity contribution in [3.8, 4) is 0 Å². The molecule has 0 spiro atoms. The molecule has 0 aliphatic heterocycles. The van der Waals surface area contributed by atoms with E-state index in [2.05, 4.69) is 26.6 Å². The standard InChI is InChI=1S/C18H19BrF3N2O4P/c1-3-27-29(26,28-4-2)16-11-13(19)8-9-15(16)24-17(25)23-14-7-5-6-12(10-14)18(20,21)22/h5-11H,3-4H2,1-2H3,(H2,23,24,25). The highest BCUT2D eigenvalue weighted by Gasteiger charge is 2.32. The average molecular weight is 495 g/mol. The summed E-state index contributed by atoms with van der Waals surface area (Å²) in [4.78, 5) is 12.3. The number of amides is 2. The number of rotatable bonds is 7. The third-order valence-electron chi connectivity index (χ3n) is 3.55. The van der Waals surface area contributed by atoms with Gasteiger partial charge >= 0.3 is 19.8 Å². The minimum Gasteiger partial charge on any atom is -0.308 e. The fraction of sp³-hybridized carbons (Fsp3) is 0.278. The van der Waals surface area contributed by atoms with E-state index in [4.69, 9.17) is 9.05 Å². The molecule has 11 heteroatoms. The van der Waals surface area contributed by atoms with Crippen LogP contribution in [0.2, 0.25) is 0 Å². The van der Waals surface area contributed by atoms with Gasteiger partial charge in [0.05, 0.1) is 29.8 Å². The summed E-state index contributed by atoms with van der Waals surface area (Å²) >= 11 is 3.27. The van der Waals surface area contributed by atoms with E-state index in [0.717, 1.165) is 12.1 Å². The summed E-state index contributed by atoms with van der Waals surface area (Å²) in [7, 11) is -3.73. The van der Waals surface area contributed by atoms with Crippen LogP contribution in [0.1, 0.15) is 19.4 Å². The largest absolute Gasteiger partial charge is 0.416 e. The van der Waals surface area contributed by atoms with E-state index in [1.807, 2.05) is 0 Å². The highest BCUT2D eigenvalue weighted by molar-refractivity contribution is 9.10. The number of carbonyl (C=O) groups is 1. The highest BCUT2D eigenvalue weighted by Crippen LogP contribution is 2.49. The molecule has 2 aromatic carbocycles. The van der Waals surface area contributed by atoms with E-state index < -0.39 is 25.4 Å². The van der Waals surface area contributed by atoms with Crippen molar-refractivity contribution in [1.29, 1.82) is 0 Å². The number of carbonyl (C=O) groups excluding carboxylic acids is 1. The lowest BCUT2D eigenvalue weighted by molar-refractivity contribution is -0.137. The summed E-state index contributed by atoms with van der Waals surface area (Å²) in [5, 5.41) is 4.93. The van der Waals surface area contributed by atoms with Crippen LogP contribution in [0, 0.1) is 0 Å². The molecular weight excluding hydrogens is 476 g/mol. The monoisotopic (exact) mass is 494 g/mol. The van der Waals surface area contributed by atoms with Crippen molar-refractivity contribution < 1.29 is 31.6 Å². The molecule has 2 N–H and O–H groups in total. The number of hydrogen-bond acceptors (Lipinski definition) is 4. The molecule has 0 heterocycles. The van der Waals surface area contributed by atoms with Crippen LogP contribution in [0.4, 0.5) is 29.3 Å². The van der Waals surface area contributed by atoms with Crippen molar-refractivity contribution in [3.63, 3.8) is 0 Å². The van der Waals surface area contributed by atoms with Gasteiger partial charge in [0.15, 0.2) is 0 Å². The van der Waals surface area contributed by atoms with E-state index >= 15 is 0 Å². The molecular formula is C18H19BrF3N2O4P. The Morgan fingerprint density at radius 3 is 2.31 bits per heavy atom. The first-order chi connectivity index (χ1) is 13.6. The van der Waals surface area contributed by atoms with Crippen molar-refractivity contribution in [2.45, 2.75) is 20.0 Å². The second-order valence-corrected chi connectivity index (χ2v) is 8.56. The second kappa shape index (κ2) is 9.75. The van der Waals surface area contributed by atoms with Gasteiger partial charge in [0, 0.05) is 10.2 Å². The molecule has 158 valence electrons. The Morgan fingerprint density at radius 2 is 1.72 bits per heavy atom. The SMILES string of the molecule is CCOP(=O)(OCC)c1cc(Br)ccc1NC(=O)Nc1cccc(C(F)(F)F)c1. The van der Waals surface area contributed by atoms with Gasteiger partial charge in [-0.25, -0.2) is 4.79 Å². The number of hydrogen-bond donors (Lipinski definition) is 2. The number of halogens is 4. The number of alkyl halides is 3. The molecule has 0 saturated heterocycles. The van der Waals surface area contributed by atoms with Crippen LogP contribution in [0.5, 0.6) is 0 Å². The van der Waals surface area contributed by atoms with Crippen LogP contribution in [-0.2, 0) is 19.8 Å². The van der Waals surface area contributed by atoms with Gasteiger partial charge < -0.3 is 19.7 Å². The fourth-order valence-electron chi connectivity index (χ4n) is 2.41. The Kier molecular flexibility index (Phi) is 7.87. The second-order valence-electron chi connectivity index (χ2n) is 5.65. The summed E-state index contributed by atoms with van der Waals surface area (Å²) in [6.07, 6.45) is -4.53. The molecule has 29 heavy (non-hydrogen) atoms. The number of urea groups is 1. The first-order valence-corrected chi connectivity index (χ1v) is 10.9. The molecule has 2 aromatic rings. The predicted octanol–water partition coefficient (Wildman–Crippen LogP) is 6.00. The van der Waals surface area contributed by atoms with Gasteiger partial charge in [-0.05, 0) is 50.2 Å². The van der Waals surface area contributed by atoms with Gasteiger partial charge in [0.2, 0.25) is 0 Å². The van der Waals surface area contributed by atoms with E-state index in [-0.39, 0.29) is 29.9 Å². The van der Waals surface area contributed by atoms with E-state index in [1.165, 1.54) is 24.3 Å². The smallest absolute Gasteiger partial charge is 0.308 e. The zero-order valence-corrected chi connectivity index (χ0v) is 18.0. The molecule has 2 rings (SSSR count). The van der Waals surface area contributed by atoms with Crippen molar-refractivity contribution in [2.24, 2.45) is 0 Å². The lowest BCUT2D eigenvalue weighted by Crippen LogP contribution is -2.24. The summed E-state index contributed by atoms with van der Waals surface area (Å²) in [5.41, 5.74) is -0.798. The molecule has 0 atom stereocenters. The van der Waals surface area contributed by atoms with Crippen LogP contribution in [0.3, 0.4) is 0 Å². The van der Waals surface area contributed by atoms with Crippen molar-refractivity contribution in [2.75, 3.05) is 23.8 Å². The van der Waals surface area contributed by atoms with E-state index in [1.54, 1.807) is 19.9 Å². The molecule has 0 unspecified atom stereocenters. The molecule has 0 bridgehead atoms. The Morgan fingerprint density at radius 1 is 1.07 bits per heavy atom. The average Bonchev–Trinajstić information content (AvgIpc) is 2.63. The van der Waals surface area contributed by atoms with Crippen LogP contribution in [0.15, 0.2) is 46.9 Å². The first-order valence-electron chi connectivity index (χ1n) is 8.53. The van der Waals surface area contributed by atoms with E-state index in [0.29, 0.717) is 4.47 Å². The molecule has 0 radical (unpaired) electrons. The van der Waals surface area contributed by atoms with Gasteiger partial charge in [0.25, 0.3) is 0 Å². The van der Waals surface area contributed by atoms with Crippen LogP contribution >= 0.6 is 23.5 Å². The van der Waals surface area contributed by atoms with Crippen molar-refractivity contribution >= 4 is 46.2 Å². The first kappa shape index (κ1) is 23.4. The van der Waals surface area contributed by atoms with Gasteiger partial charge in [-0.15, -0.1) is 0 Å². The zero-order chi connectivity index (χ0) is 21.7. The lowest BCUT2D eigenvalue weighted by atomic mass is 10.2. The fourth-order valence-corrected chi connectivity index (χ4v) is 4.70. The minimum atomic E-state index is -4.53. The number of benzene rings is 2. The molecule has 0 aromatic heterocycles.